The van der Waals surface area contributed by atoms with Crippen molar-refractivity contribution in [3.63, 3.8) is 0 Å². The molecule has 218 valence electrons. The van der Waals surface area contributed by atoms with E-state index >= 15 is 0 Å². The number of anilines is 3. The van der Waals surface area contributed by atoms with Gasteiger partial charge in [0.25, 0.3) is 5.88 Å². The molecule has 12 nitrogen and oxygen atoms in total. The zero-order chi connectivity index (χ0) is 29.5. The fraction of sp³-hybridized carbons (Fsp3) is 0.333. The minimum absolute atomic E-state index is 0.0670. The number of aromatic nitrogens is 5. The number of carboxylic acid groups (broad SMARTS) is 1. The van der Waals surface area contributed by atoms with Crippen LogP contribution in [-0.4, -0.2) is 67.4 Å². The lowest BCUT2D eigenvalue weighted by atomic mass is 10.1. The van der Waals surface area contributed by atoms with Crippen LogP contribution >= 0.6 is 0 Å². The third kappa shape index (κ3) is 7.00. The zero-order valence-electron chi connectivity index (χ0n) is 23.7. The molecule has 0 spiro atoms. The molecule has 0 bridgehead atoms. The average molecular weight is 572 g/mol. The van der Waals surface area contributed by atoms with Crippen molar-refractivity contribution in [1.29, 1.82) is 0 Å². The highest BCUT2D eigenvalue weighted by molar-refractivity contribution is 5.76. The van der Waals surface area contributed by atoms with E-state index in [4.69, 9.17) is 19.2 Å². The number of piperidine rings is 1. The van der Waals surface area contributed by atoms with Gasteiger partial charge in [0, 0.05) is 24.5 Å². The summed E-state index contributed by atoms with van der Waals surface area (Å²) in [7, 11) is 0. The van der Waals surface area contributed by atoms with Gasteiger partial charge in [-0.15, -0.1) is 0 Å². The highest BCUT2D eigenvalue weighted by atomic mass is 16.5. The van der Waals surface area contributed by atoms with E-state index in [1.807, 2.05) is 19.1 Å². The molecule has 12 heteroatoms. The van der Waals surface area contributed by atoms with E-state index in [0.29, 0.717) is 48.0 Å². The second-order valence-corrected chi connectivity index (χ2v) is 10.2. The maximum Gasteiger partial charge on any atom is 0.347 e. The molecule has 1 saturated heterocycles. The standard InChI is InChI=1S/C30H33N7O5/c1-4-40-23-8-5-14-33-28(23)41-22-7-6-16-37(19-22)26-18-31-17-25(35-26)34-24-13-15-32-27(36-24)20-9-11-21(12-10-20)42-30(2,3)29(38)39/h5,8-15,17-18,22H,4,6-7,16,19H2,1-3H3,(H,38,39)(H,32,34,35,36). The number of pyridine rings is 1. The third-order valence-electron chi connectivity index (χ3n) is 6.55. The molecule has 5 rings (SSSR count). The van der Waals surface area contributed by atoms with Crippen LogP contribution in [0.3, 0.4) is 0 Å². The maximum absolute atomic E-state index is 11.3. The molecule has 3 aromatic heterocycles. The molecule has 0 aliphatic carbocycles. The second-order valence-electron chi connectivity index (χ2n) is 10.2. The smallest absolute Gasteiger partial charge is 0.347 e. The van der Waals surface area contributed by atoms with Crippen LogP contribution in [0.1, 0.15) is 33.6 Å². The number of hydrogen-bond acceptors (Lipinski definition) is 11. The first-order valence-corrected chi connectivity index (χ1v) is 13.7. The van der Waals surface area contributed by atoms with E-state index in [0.717, 1.165) is 30.8 Å². The molecule has 0 radical (unpaired) electrons. The highest BCUT2D eigenvalue weighted by Crippen LogP contribution is 2.28. The van der Waals surface area contributed by atoms with Crippen LogP contribution in [0.2, 0.25) is 0 Å². The lowest BCUT2D eigenvalue weighted by Gasteiger charge is -2.33. The van der Waals surface area contributed by atoms with Gasteiger partial charge in [0.1, 0.15) is 23.5 Å². The van der Waals surface area contributed by atoms with Crippen molar-refractivity contribution in [1.82, 2.24) is 24.9 Å². The molecule has 4 aromatic rings. The second kappa shape index (κ2) is 12.7. The van der Waals surface area contributed by atoms with Crippen LogP contribution in [0.5, 0.6) is 17.4 Å². The van der Waals surface area contributed by atoms with E-state index < -0.39 is 11.6 Å². The van der Waals surface area contributed by atoms with Crippen LogP contribution < -0.4 is 24.4 Å². The van der Waals surface area contributed by atoms with E-state index in [1.54, 1.807) is 55.1 Å². The minimum Gasteiger partial charge on any atom is -0.488 e. The summed E-state index contributed by atoms with van der Waals surface area (Å²) < 4.78 is 17.5. The minimum atomic E-state index is -1.34. The monoisotopic (exact) mass is 571 g/mol. The lowest BCUT2D eigenvalue weighted by Crippen LogP contribution is -2.41. The summed E-state index contributed by atoms with van der Waals surface area (Å²) >= 11 is 0. The summed E-state index contributed by atoms with van der Waals surface area (Å²) in [5, 5.41) is 12.5. The SMILES string of the molecule is CCOc1cccnc1OC1CCCN(c2cncc(Nc3ccnc(-c4ccc(OC(C)(C)C(=O)O)cc4)n3)n2)C1. The molecule has 4 heterocycles. The first-order chi connectivity index (χ1) is 20.3. The van der Waals surface area contributed by atoms with Gasteiger partial charge in [0.15, 0.2) is 23.0 Å². The largest absolute Gasteiger partial charge is 0.488 e. The van der Waals surface area contributed by atoms with Gasteiger partial charge >= 0.3 is 5.97 Å². The fourth-order valence-electron chi connectivity index (χ4n) is 4.41. The number of nitrogens with zero attached hydrogens (tertiary/aromatic N) is 6. The maximum atomic E-state index is 11.3. The molecule has 2 N–H and O–H groups in total. The summed E-state index contributed by atoms with van der Waals surface area (Å²) in [6.45, 7) is 6.94. The van der Waals surface area contributed by atoms with Crippen molar-refractivity contribution >= 4 is 23.4 Å². The number of ether oxygens (including phenoxy) is 3. The predicted molar refractivity (Wildman–Crippen MR) is 156 cm³/mol. The number of nitrogens with one attached hydrogen (secondary N) is 1. The van der Waals surface area contributed by atoms with Crippen LogP contribution in [0.4, 0.5) is 17.5 Å². The Balaban J connectivity index is 1.25. The number of carboxylic acids is 1. The third-order valence-corrected chi connectivity index (χ3v) is 6.55. The van der Waals surface area contributed by atoms with Crippen LogP contribution in [-0.2, 0) is 4.79 Å². The molecule has 1 atom stereocenters. The molecule has 1 unspecified atom stereocenters. The molecular formula is C30H33N7O5. The van der Waals surface area contributed by atoms with Crippen molar-refractivity contribution in [2.24, 2.45) is 0 Å². The van der Waals surface area contributed by atoms with Crippen molar-refractivity contribution in [3.8, 4) is 28.8 Å². The van der Waals surface area contributed by atoms with Gasteiger partial charge in [0.05, 0.1) is 25.5 Å². The van der Waals surface area contributed by atoms with Gasteiger partial charge in [-0.2, -0.15) is 0 Å². The number of carbonyl (C=O) groups is 1. The Hall–Kier alpha value is -5.00. The summed E-state index contributed by atoms with van der Waals surface area (Å²) in [5.41, 5.74) is -0.593. The van der Waals surface area contributed by atoms with Gasteiger partial charge in [-0.3, -0.25) is 4.98 Å². The molecule has 1 fully saturated rings. The van der Waals surface area contributed by atoms with E-state index in [2.05, 4.69) is 30.2 Å². The quantitative estimate of drug-likeness (QED) is 0.256. The Morgan fingerprint density at radius 3 is 2.69 bits per heavy atom. The molecular weight excluding hydrogens is 538 g/mol. The van der Waals surface area contributed by atoms with E-state index in [-0.39, 0.29) is 6.10 Å². The Morgan fingerprint density at radius 2 is 1.90 bits per heavy atom. The number of aliphatic carboxylic acids is 1. The summed E-state index contributed by atoms with van der Waals surface area (Å²) in [4.78, 5) is 36.0. The van der Waals surface area contributed by atoms with Gasteiger partial charge in [-0.25, -0.2) is 24.7 Å². The van der Waals surface area contributed by atoms with Gasteiger partial charge in [-0.05, 0) is 76.1 Å². The van der Waals surface area contributed by atoms with Crippen molar-refractivity contribution < 1.29 is 24.1 Å². The molecule has 0 amide bonds. The van der Waals surface area contributed by atoms with Crippen molar-refractivity contribution in [2.75, 3.05) is 29.9 Å². The van der Waals surface area contributed by atoms with Gasteiger partial charge < -0.3 is 29.5 Å². The zero-order valence-corrected chi connectivity index (χ0v) is 23.7. The molecule has 42 heavy (non-hydrogen) atoms. The Bertz CT molecular complexity index is 1520. The van der Waals surface area contributed by atoms with Crippen LogP contribution in [0.15, 0.2) is 67.3 Å². The summed E-state index contributed by atoms with van der Waals surface area (Å²) in [6.07, 6.45) is 8.50. The normalized spacial score (nSPS) is 15.1. The summed E-state index contributed by atoms with van der Waals surface area (Å²) in [6, 6.07) is 12.4. The van der Waals surface area contributed by atoms with E-state index in [1.165, 1.54) is 13.8 Å². The predicted octanol–water partition coefficient (Wildman–Crippen LogP) is 4.76. The Morgan fingerprint density at radius 1 is 1.07 bits per heavy atom. The Kier molecular flexibility index (Phi) is 8.60. The van der Waals surface area contributed by atoms with Crippen molar-refractivity contribution in [2.45, 2.75) is 45.3 Å². The fourth-order valence-corrected chi connectivity index (χ4v) is 4.41. The summed E-state index contributed by atoms with van der Waals surface area (Å²) in [5.74, 6) is 2.85. The number of hydrogen-bond donors (Lipinski definition) is 2. The molecule has 0 saturated carbocycles. The molecule has 1 aliphatic rings. The number of rotatable bonds is 11. The molecule has 1 aromatic carbocycles. The number of benzene rings is 1. The van der Waals surface area contributed by atoms with E-state index in [9.17, 15) is 9.90 Å². The topological polar surface area (TPSA) is 145 Å². The van der Waals surface area contributed by atoms with Gasteiger partial charge in [-0.1, -0.05) is 0 Å². The van der Waals surface area contributed by atoms with Crippen LogP contribution in [0, 0.1) is 0 Å². The first kappa shape index (κ1) is 28.5. The Labute approximate surface area is 243 Å². The first-order valence-electron chi connectivity index (χ1n) is 13.7. The molecule has 1 aliphatic heterocycles. The lowest BCUT2D eigenvalue weighted by molar-refractivity contribution is -0.152. The highest BCUT2D eigenvalue weighted by Gasteiger charge is 2.29. The van der Waals surface area contributed by atoms with Gasteiger partial charge in [0.2, 0.25) is 0 Å². The van der Waals surface area contributed by atoms with Crippen molar-refractivity contribution in [3.05, 3.63) is 67.3 Å². The van der Waals surface area contributed by atoms with Crippen LogP contribution in [0.25, 0.3) is 11.4 Å². The average Bonchev–Trinajstić information content (AvgIpc) is 2.99.